The average Bonchev–Trinajstić information content (AvgIpc) is 2.20. The van der Waals surface area contributed by atoms with Crippen molar-refractivity contribution in [2.75, 3.05) is 13.1 Å². The second-order valence-corrected chi connectivity index (χ2v) is 5.43. The number of carboxylic acids is 1. The number of rotatable bonds is 5. The zero-order chi connectivity index (χ0) is 12.2. The van der Waals surface area contributed by atoms with Crippen molar-refractivity contribution < 1.29 is 15.0 Å². The summed E-state index contributed by atoms with van der Waals surface area (Å²) in [5, 5.41) is 21.9. The smallest absolute Gasteiger partial charge is 0.310 e. The molecule has 1 aliphatic rings. The molecule has 1 aliphatic carbocycles. The molecule has 0 heterocycles. The van der Waals surface area contributed by atoms with Crippen LogP contribution in [0.2, 0.25) is 0 Å². The van der Waals surface area contributed by atoms with Crippen LogP contribution in [0.3, 0.4) is 0 Å². The third-order valence-electron chi connectivity index (χ3n) is 3.42. The Labute approximate surface area is 97.0 Å². The highest BCUT2D eigenvalue weighted by Crippen LogP contribution is 2.24. The predicted octanol–water partition coefficient (Wildman–Crippen LogP) is 1.24. The largest absolute Gasteiger partial charge is 0.481 e. The highest BCUT2D eigenvalue weighted by Gasteiger charge is 2.28. The summed E-state index contributed by atoms with van der Waals surface area (Å²) in [5.74, 6) is -0.498. The van der Waals surface area contributed by atoms with Gasteiger partial charge in [0.25, 0.3) is 0 Å². The Bertz CT molecular complexity index is 240. The van der Waals surface area contributed by atoms with Gasteiger partial charge < -0.3 is 15.5 Å². The number of aliphatic hydroxyl groups excluding tert-OH is 1. The molecule has 1 fully saturated rings. The molecule has 1 saturated carbocycles. The van der Waals surface area contributed by atoms with E-state index in [1.807, 2.05) is 0 Å². The summed E-state index contributed by atoms with van der Waals surface area (Å²) in [6.07, 6.45) is 3.99. The standard InChI is InChI=1S/C12H23NO3/c1-12(2,11(15)16)8-13-7-9-5-3-4-6-10(9)14/h9-10,13-14H,3-8H2,1-2H3,(H,15,16). The zero-order valence-corrected chi connectivity index (χ0v) is 10.2. The molecule has 2 atom stereocenters. The first-order valence-electron chi connectivity index (χ1n) is 6.05. The number of hydrogen-bond donors (Lipinski definition) is 3. The van der Waals surface area contributed by atoms with E-state index in [1.165, 1.54) is 6.42 Å². The average molecular weight is 229 g/mol. The number of carbonyl (C=O) groups is 1. The summed E-state index contributed by atoms with van der Waals surface area (Å²) in [6, 6.07) is 0. The highest BCUT2D eigenvalue weighted by atomic mass is 16.4. The minimum absolute atomic E-state index is 0.214. The summed E-state index contributed by atoms with van der Waals surface area (Å²) < 4.78 is 0. The lowest BCUT2D eigenvalue weighted by atomic mass is 9.86. The Morgan fingerprint density at radius 1 is 1.38 bits per heavy atom. The lowest BCUT2D eigenvalue weighted by Gasteiger charge is -2.29. The first kappa shape index (κ1) is 13.5. The van der Waals surface area contributed by atoms with E-state index in [0.29, 0.717) is 12.5 Å². The van der Waals surface area contributed by atoms with Gasteiger partial charge in [-0.15, -0.1) is 0 Å². The second-order valence-electron chi connectivity index (χ2n) is 5.43. The maximum atomic E-state index is 10.9. The van der Waals surface area contributed by atoms with Crippen LogP contribution in [0.15, 0.2) is 0 Å². The number of hydrogen-bond acceptors (Lipinski definition) is 3. The molecule has 0 saturated heterocycles. The lowest BCUT2D eigenvalue weighted by Crippen LogP contribution is -2.40. The maximum Gasteiger partial charge on any atom is 0.310 e. The highest BCUT2D eigenvalue weighted by molar-refractivity contribution is 5.73. The van der Waals surface area contributed by atoms with E-state index >= 15 is 0 Å². The van der Waals surface area contributed by atoms with Crippen molar-refractivity contribution in [1.29, 1.82) is 0 Å². The monoisotopic (exact) mass is 229 g/mol. The molecular formula is C12H23NO3. The minimum Gasteiger partial charge on any atom is -0.481 e. The van der Waals surface area contributed by atoms with Crippen LogP contribution >= 0.6 is 0 Å². The van der Waals surface area contributed by atoms with Crippen molar-refractivity contribution in [2.24, 2.45) is 11.3 Å². The van der Waals surface area contributed by atoms with Gasteiger partial charge in [-0.2, -0.15) is 0 Å². The van der Waals surface area contributed by atoms with Gasteiger partial charge in [-0.25, -0.2) is 0 Å². The molecular weight excluding hydrogens is 206 g/mol. The molecule has 1 rings (SSSR count). The molecule has 0 spiro atoms. The van der Waals surface area contributed by atoms with Crippen LogP contribution in [0.1, 0.15) is 39.5 Å². The van der Waals surface area contributed by atoms with Gasteiger partial charge in [0, 0.05) is 13.1 Å². The van der Waals surface area contributed by atoms with E-state index in [2.05, 4.69) is 5.32 Å². The quantitative estimate of drug-likeness (QED) is 0.663. The molecule has 94 valence electrons. The zero-order valence-electron chi connectivity index (χ0n) is 10.2. The molecule has 2 unspecified atom stereocenters. The second kappa shape index (κ2) is 5.64. The number of aliphatic hydroxyl groups is 1. The van der Waals surface area contributed by atoms with Crippen LogP contribution in [0.5, 0.6) is 0 Å². The molecule has 0 aromatic heterocycles. The van der Waals surface area contributed by atoms with Crippen molar-refractivity contribution in [1.82, 2.24) is 5.32 Å². The number of nitrogens with one attached hydrogen (secondary N) is 1. The van der Waals surface area contributed by atoms with E-state index in [4.69, 9.17) is 5.11 Å². The molecule has 16 heavy (non-hydrogen) atoms. The SMILES string of the molecule is CC(C)(CNCC1CCCCC1O)C(=O)O. The van der Waals surface area contributed by atoms with Crippen LogP contribution in [-0.2, 0) is 4.79 Å². The van der Waals surface area contributed by atoms with E-state index in [0.717, 1.165) is 25.8 Å². The Morgan fingerprint density at radius 2 is 2.00 bits per heavy atom. The number of aliphatic carboxylic acids is 1. The van der Waals surface area contributed by atoms with E-state index in [1.54, 1.807) is 13.8 Å². The molecule has 0 radical (unpaired) electrons. The van der Waals surface area contributed by atoms with Gasteiger partial charge in [-0.05, 0) is 32.6 Å². The van der Waals surface area contributed by atoms with E-state index in [-0.39, 0.29) is 6.10 Å². The van der Waals surface area contributed by atoms with Crippen molar-refractivity contribution in [2.45, 2.75) is 45.6 Å². The van der Waals surface area contributed by atoms with Gasteiger partial charge in [-0.1, -0.05) is 12.8 Å². The van der Waals surface area contributed by atoms with Crippen molar-refractivity contribution in [3.05, 3.63) is 0 Å². The Kier molecular flexibility index (Phi) is 4.74. The summed E-state index contributed by atoms with van der Waals surface area (Å²) >= 11 is 0. The Morgan fingerprint density at radius 3 is 2.56 bits per heavy atom. The first-order chi connectivity index (χ1) is 7.43. The van der Waals surface area contributed by atoms with Gasteiger partial charge in [0.05, 0.1) is 11.5 Å². The Hall–Kier alpha value is -0.610. The van der Waals surface area contributed by atoms with Gasteiger partial charge >= 0.3 is 5.97 Å². The number of carboxylic acid groups (broad SMARTS) is 1. The topological polar surface area (TPSA) is 69.6 Å². The fraction of sp³-hybridized carbons (Fsp3) is 0.917. The molecule has 0 aliphatic heterocycles. The third-order valence-corrected chi connectivity index (χ3v) is 3.42. The third kappa shape index (κ3) is 3.76. The molecule has 4 nitrogen and oxygen atoms in total. The molecule has 0 aromatic carbocycles. The molecule has 0 aromatic rings. The minimum atomic E-state index is -0.788. The first-order valence-corrected chi connectivity index (χ1v) is 6.05. The van der Waals surface area contributed by atoms with Crippen LogP contribution in [0, 0.1) is 11.3 Å². The van der Waals surface area contributed by atoms with Crippen molar-refractivity contribution in [3.63, 3.8) is 0 Å². The van der Waals surface area contributed by atoms with Crippen LogP contribution in [0.4, 0.5) is 0 Å². The maximum absolute atomic E-state index is 10.9. The molecule has 0 bridgehead atoms. The van der Waals surface area contributed by atoms with Crippen LogP contribution < -0.4 is 5.32 Å². The summed E-state index contributed by atoms with van der Waals surface area (Å²) in [4.78, 5) is 10.9. The van der Waals surface area contributed by atoms with Crippen molar-refractivity contribution >= 4 is 5.97 Å². The summed E-state index contributed by atoms with van der Waals surface area (Å²) in [5.41, 5.74) is -0.736. The Balaban J connectivity index is 2.26. The van der Waals surface area contributed by atoms with Gasteiger partial charge in [0.2, 0.25) is 0 Å². The molecule has 4 heteroatoms. The van der Waals surface area contributed by atoms with Gasteiger partial charge in [0.1, 0.15) is 0 Å². The lowest BCUT2D eigenvalue weighted by molar-refractivity contribution is -0.146. The summed E-state index contributed by atoms with van der Waals surface area (Å²) in [6.45, 7) is 4.59. The van der Waals surface area contributed by atoms with E-state index in [9.17, 15) is 9.90 Å². The predicted molar refractivity (Wildman–Crippen MR) is 62.3 cm³/mol. The fourth-order valence-corrected chi connectivity index (χ4v) is 2.07. The van der Waals surface area contributed by atoms with Crippen LogP contribution in [-0.4, -0.2) is 35.4 Å². The van der Waals surface area contributed by atoms with Crippen LogP contribution in [0.25, 0.3) is 0 Å². The normalized spacial score (nSPS) is 26.7. The molecule has 0 amide bonds. The van der Waals surface area contributed by atoms with Gasteiger partial charge in [0.15, 0.2) is 0 Å². The van der Waals surface area contributed by atoms with Gasteiger partial charge in [-0.3, -0.25) is 4.79 Å². The fourth-order valence-electron chi connectivity index (χ4n) is 2.07. The summed E-state index contributed by atoms with van der Waals surface area (Å²) in [7, 11) is 0. The molecule has 3 N–H and O–H groups in total. The van der Waals surface area contributed by atoms with E-state index < -0.39 is 11.4 Å². The van der Waals surface area contributed by atoms with Crippen molar-refractivity contribution in [3.8, 4) is 0 Å².